The average molecular weight is 352 g/mol. The number of halogens is 2. The lowest BCUT2D eigenvalue weighted by atomic mass is 9.90. The third-order valence-electron chi connectivity index (χ3n) is 4.53. The predicted molar refractivity (Wildman–Crippen MR) is 95.2 cm³/mol. The third kappa shape index (κ3) is 5.07. The van der Waals surface area contributed by atoms with Crippen LogP contribution in [0.25, 0.3) is 0 Å². The first-order valence-corrected chi connectivity index (χ1v) is 8.60. The van der Waals surface area contributed by atoms with Crippen molar-refractivity contribution in [3.63, 3.8) is 0 Å². The van der Waals surface area contributed by atoms with Gasteiger partial charge in [-0.15, -0.1) is 36.2 Å². The van der Waals surface area contributed by atoms with E-state index in [1.807, 2.05) is 11.3 Å². The van der Waals surface area contributed by atoms with E-state index in [1.165, 1.54) is 42.8 Å². The van der Waals surface area contributed by atoms with Crippen molar-refractivity contribution in [2.45, 2.75) is 57.5 Å². The van der Waals surface area contributed by atoms with Crippen molar-refractivity contribution in [1.29, 1.82) is 0 Å². The van der Waals surface area contributed by atoms with Gasteiger partial charge in [0, 0.05) is 43.5 Å². The van der Waals surface area contributed by atoms with Crippen LogP contribution in [0.4, 0.5) is 0 Å². The summed E-state index contributed by atoms with van der Waals surface area (Å²) in [7, 11) is 0. The summed E-state index contributed by atoms with van der Waals surface area (Å²) in [6.07, 6.45) is 6.93. The smallest absolute Gasteiger partial charge is 0.0959 e. The number of hydrogen-bond acceptors (Lipinski definition) is 4. The molecule has 122 valence electrons. The van der Waals surface area contributed by atoms with Gasteiger partial charge in [0.2, 0.25) is 0 Å². The Balaban J connectivity index is 0.00000110. The summed E-state index contributed by atoms with van der Waals surface area (Å²) in [5, 5.41) is 7.14. The van der Waals surface area contributed by atoms with E-state index >= 15 is 0 Å². The lowest BCUT2D eigenvalue weighted by Crippen LogP contribution is -2.49. The van der Waals surface area contributed by atoms with Crippen LogP contribution in [0.3, 0.4) is 0 Å². The Bertz CT molecular complexity index is 407. The monoisotopic (exact) mass is 351 g/mol. The molecule has 0 amide bonds. The maximum atomic E-state index is 4.92. The fourth-order valence-electron chi connectivity index (χ4n) is 3.26. The Morgan fingerprint density at radius 3 is 2.76 bits per heavy atom. The highest BCUT2D eigenvalue weighted by molar-refractivity contribution is 7.09. The molecular formula is C15H27Cl2N3S. The quantitative estimate of drug-likeness (QED) is 0.896. The van der Waals surface area contributed by atoms with E-state index in [2.05, 4.69) is 22.5 Å². The van der Waals surface area contributed by atoms with Gasteiger partial charge in [-0.25, -0.2) is 4.98 Å². The number of aromatic nitrogens is 1. The topological polar surface area (TPSA) is 28.2 Å². The van der Waals surface area contributed by atoms with Crippen molar-refractivity contribution in [3.8, 4) is 0 Å². The Kier molecular flexibility index (Phi) is 8.50. The van der Waals surface area contributed by atoms with Crippen molar-refractivity contribution in [2.75, 3.05) is 19.6 Å². The molecule has 2 heterocycles. The Hall–Kier alpha value is 0.130. The van der Waals surface area contributed by atoms with Crippen LogP contribution in [0.1, 0.15) is 55.6 Å². The Labute approximate surface area is 144 Å². The second-order valence-corrected chi connectivity index (χ2v) is 6.93. The lowest BCUT2D eigenvalue weighted by molar-refractivity contribution is 0.164. The molecule has 1 aromatic rings. The van der Waals surface area contributed by atoms with E-state index < -0.39 is 0 Å². The van der Waals surface area contributed by atoms with Gasteiger partial charge in [0.05, 0.1) is 10.7 Å². The molecule has 1 N–H and O–H groups in total. The summed E-state index contributed by atoms with van der Waals surface area (Å²) in [6, 6.07) is 0.633. The lowest BCUT2D eigenvalue weighted by Gasteiger charge is -2.33. The summed E-state index contributed by atoms with van der Waals surface area (Å²) < 4.78 is 0. The molecule has 21 heavy (non-hydrogen) atoms. The largest absolute Gasteiger partial charge is 0.314 e. The van der Waals surface area contributed by atoms with Crippen molar-refractivity contribution in [1.82, 2.24) is 15.2 Å². The number of piperazine rings is 1. The standard InChI is InChI=1S/C15H25N3S.2ClH/c1-12-9-16-7-8-18(12)10-14-11-19-15(17-14)13-5-3-2-4-6-13;;/h11-13,16H,2-10H2,1H3;2*1H/t12-;;/m1../s1. The highest BCUT2D eigenvalue weighted by atomic mass is 35.5. The fraction of sp³-hybridized carbons (Fsp3) is 0.800. The average Bonchev–Trinajstić information content (AvgIpc) is 2.91. The first-order valence-electron chi connectivity index (χ1n) is 7.72. The number of hydrogen-bond donors (Lipinski definition) is 1. The maximum Gasteiger partial charge on any atom is 0.0959 e. The van der Waals surface area contributed by atoms with Crippen molar-refractivity contribution in [3.05, 3.63) is 16.1 Å². The number of nitrogens with one attached hydrogen (secondary N) is 1. The molecule has 0 spiro atoms. The van der Waals surface area contributed by atoms with Crippen molar-refractivity contribution >= 4 is 36.2 Å². The SMILES string of the molecule is C[C@@H]1CNCCN1Cc1csc(C2CCCCC2)n1.Cl.Cl. The zero-order valence-corrected chi connectivity index (χ0v) is 15.2. The van der Waals surface area contributed by atoms with Gasteiger partial charge in [-0.2, -0.15) is 0 Å². The second kappa shape index (κ2) is 9.31. The van der Waals surface area contributed by atoms with Crippen LogP contribution in [0.15, 0.2) is 5.38 Å². The first kappa shape index (κ1) is 19.2. The molecule has 0 bridgehead atoms. The summed E-state index contributed by atoms with van der Waals surface area (Å²) in [5.74, 6) is 0.757. The zero-order valence-electron chi connectivity index (χ0n) is 12.7. The molecule has 1 aliphatic heterocycles. The predicted octanol–water partition coefficient (Wildman–Crippen LogP) is 3.83. The van der Waals surface area contributed by atoms with Crippen LogP contribution >= 0.6 is 36.2 Å². The fourth-order valence-corrected chi connectivity index (χ4v) is 4.24. The van der Waals surface area contributed by atoms with Gasteiger partial charge in [-0.3, -0.25) is 4.90 Å². The van der Waals surface area contributed by atoms with Crippen LogP contribution in [-0.2, 0) is 6.54 Å². The summed E-state index contributed by atoms with van der Waals surface area (Å²) >= 11 is 1.89. The highest BCUT2D eigenvalue weighted by Gasteiger charge is 2.21. The van der Waals surface area contributed by atoms with Gasteiger partial charge in [0.25, 0.3) is 0 Å². The molecule has 1 atom stereocenters. The van der Waals surface area contributed by atoms with Gasteiger partial charge >= 0.3 is 0 Å². The van der Waals surface area contributed by atoms with Crippen LogP contribution in [0, 0.1) is 0 Å². The minimum absolute atomic E-state index is 0. The van der Waals surface area contributed by atoms with E-state index in [0.29, 0.717) is 6.04 Å². The van der Waals surface area contributed by atoms with E-state index in [9.17, 15) is 0 Å². The summed E-state index contributed by atoms with van der Waals surface area (Å²) in [4.78, 5) is 7.47. The second-order valence-electron chi connectivity index (χ2n) is 6.04. The van der Waals surface area contributed by atoms with Crippen LogP contribution in [0.5, 0.6) is 0 Å². The van der Waals surface area contributed by atoms with E-state index in [0.717, 1.165) is 32.1 Å². The van der Waals surface area contributed by atoms with Gasteiger partial charge in [-0.05, 0) is 19.8 Å². The zero-order chi connectivity index (χ0) is 13.1. The number of nitrogens with zero attached hydrogens (tertiary/aromatic N) is 2. The first-order chi connectivity index (χ1) is 9.33. The Morgan fingerprint density at radius 1 is 1.29 bits per heavy atom. The van der Waals surface area contributed by atoms with Gasteiger partial charge in [0.15, 0.2) is 0 Å². The molecule has 6 heteroatoms. The van der Waals surface area contributed by atoms with E-state index in [1.54, 1.807) is 0 Å². The van der Waals surface area contributed by atoms with Crippen LogP contribution in [-0.4, -0.2) is 35.6 Å². The molecule has 1 aromatic heterocycles. The van der Waals surface area contributed by atoms with E-state index in [-0.39, 0.29) is 24.8 Å². The molecule has 3 rings (SSSR count). The van der Waals surface area contributed by atoms with Crippen molar-refractivity contribution < 1.29 is 0 Å². The molecule has 0 radical (unpaired) electrons. The van der Waals surface area contributed by atoms with Crippen LogP contribution in [0.2, 0.25) is 0 Å². The molecule has 1 saturated heterocycles. The maximum absolute atomic E-state index is 4.92. The molecule has 0 unspecified atom stereocenters. The van der Waals surface area contributed by atoms with Crippen molar-refractivity contribution in [2.24, 2.45) is 0 Å². The van der Waals surface area contributed by atoms with Gasteiger partial charge in [-0.1, -0.05) is 19.3 Å². The summed E-state index contributed by atoms with van der Waals surface area (Å²) in [6.45, 7) is 6.72. The molecule has 2 fully saturated rings. The van der Waals surface area contributed by atoms with E-state index in [4.69, 9.17) is 4.98 Å². The third-order valence-corrected chi connectivity index (χ3v) is 5.58. The molecule has 1 saturated carbocycles. The number of rotatable bonds is 3. The number of thiazole rings is 1. The molecular weight excluding hydrogens is 325 g/mol. The summed E-state index contributed by atoms with van der Waals surface area (Å²) in [5.41, 5.74) is 1.29. The molecule has 1 aliphatic carbocycles. The molecule has 2 aliphatic rings. The normalized spacial score (nSPS) is 24.1. The Morgan fingerprint density at radius 2 is 2.05 bits per heavy atom. The van der Waals surface area contributed by atoms with Gasteiger partial charge in [0.1, 0.15) is 0 Å². The van der Waals surface area contributed by atoms with Gasteiger partial charge < -0.3 is 5.32 Å². The minimum Gasteiger partial charge on any atom is -0.314 e. The highest BCUT2D eigenvalue weighted by Crippen LogP contribution is 2.34. The molecule has 3 nitrogen and oxygen atoms in total. The minimum atomic E-state index is 0. The van der Waals surface area contributed by atoms with Crippen LogP contribution < -0.4 is 5.32 Å². The molecule has 0 aromatic carbocycles.